The molecule has 0 unspecified atom stereocenters. The highest BCUT2D eigenvalue weighted by molar-refractivity contribution is 9.10. The van der Waals surface area contributed by atoms with Crippen LogP contribution in [-0.4, -0.2) is 23.3 Å². The molecule has 0 radical (unpaired) electrons. The van der Waals surface area contributed by atoms with Crippen LogP contribution in [0.1, 0.15) is 6.92 Å². The number of carbonyl (C=O) groups is 1. The van der Waals surface area contributed by atoms with E-state index >= 15 is 0 Å². The first-order chi connectivity index (χ1) is 7.13. The van der Waals surface area contributed by atoms with E-state index in [4.69, 9.17) is 10.5 Å². The van der Waals surface area contributed by atoms with Gasteiger partial charge in [0.05, 0.1) is 28.7 Å². The van der Waals surface area contributed by atoms with Gasteiger partial charge >= 0.3 is 5.97 Å². The standard InChI is InChI=1S/C9H11BrN2O2S/c1-2-14-8(13)5-15-9-7(10)3-6(11)4-12-9/h3-4H,2,5,11H2,1H3. The zero-order valence-corrected chi connectivity index (χ0v) is 10.6. The summed E-state index contributed by atoms with van der Waals surface area (Å²) in [6, 6.07) is 1.75. The molecule has 1 rings (SSSR count). The molecule has 0 amide bonds. The lowest BCUT2D eigenvalue weighted by Gasteiger charge is -2.03. The molecule has 2 N–H and O–H groups in total. The Morgan fingerprint density at radius 1 is 1.73 bits per heavy atom. The Hall–Kier alpha value is -0.750. The second-order valence-electron chi connectivity index (χ2n) is 2.65. The Kier molecular flexibility index (Phi) is 4.90. The number of thioether (sulfide) groups is 1. The van der Waals surface area contributed by atoms with Crippen molar-refractivity contribution in [3.05, 3.63) is 16.7 Å². The third-order valence-electron chi connectivity index (χ3n) is 1.46. The molecule has 15 heavy (non-hydrogen) atoms. The topological polar surface area (TPSA) is 65.2 Å². The largest absolute Gasteiger partial charge is 0.465 e. The van der Waals surface area contributed by atoms with E-state index in [1.54, 1.807) is 19.2 Å². The number of halogens is 1. The Bertz CT molecular complexity index is 360. The van der Waals surface area contributed by atoms with Gasteiger partial charge in [0, 0.05) is 0 Å². The van der Waals surface area contributed by atoms with Gasteiger partial charge < -0.3 is 10.5 Å². The normalized spacial score (nSPS) is 10.0. The molecule has 1 aromatic heterocycles. The first kappa shape index (κ1) is 12.3. The fraction of sp³-hybridized carbons (Fsp3) is 0.333. The van der Waals surface area contributed by atoms with Crippen LogP contribution < -0.4 is 5.73 Å². The summed E-state index contributed by atoms with van der Waals surface area (Å²) in [5.74, 6) is 0.0108. The van der Waals surface area contributed by atoms with Gasteiger partial charge in [-0.2, -0.15) is 0 Å². The first-order valence-corrected chi connectivity index (χ1v) is 6.10. The summed E-state index contributed by atoms with van der Waals surface area (Å²) in [5, 5.41) is 0.734. The molecule has 1 heterocycles. The number of aromatic nitrogens is 1. The quantitative estimate of drug-likeness (QED) is 0.679. The predicted octanol–water partition coefficient (Wildman–Crippen LogP) is 2.08. The van der Waals surface area contributed by atoms with Crippen LogP contribution in [0.25, 0.3) is 0 Å². The molecule has 0 spiro atoms. The van der Waals surface area contributed by atoms with Crippen LogP contribution in [0, 0.1) is 0 Å². The zero-order chi connectivity index (χ0) is 11.3. The Morgan fingerprint density at radius 2 is 2.47 bits per heavy atom. The highest BCUT2D eigenvalue weighted by atomic mass is 79.9. The van der Waals surface area contributed by atoms with E-state index in [1.807, 2.05) is 0 Å². The monoisotopic (exact) mass is 290 g/mol. The van der Waals surface area contributed by atoms with Gasteiger partial charge in [0.1, 0.15) is 5.03 Å². The summed E-state index contributed by atoms with van der Waals surface area (Å²) in [6.07, 6.45) is 1.55. The van der Waals surface area contributed by atoms with Gasteiger partial charge in [-0.1, -0.05) is 11.8 Å². The average Bonchev–Trinajstić information content (AvgIpc) is 2.17. The Labute approximate surface area is 101 Å². The summed E-state index contributed by atoms with van der Waals surface area (Å²) in [7, 11) is 0. The van der Waals surface area contributed by atoms with Gasteiger partial charge in [-0.15, -0.1) is 0 Å². The fourth-order valence-corrected chi connectivity index (χ4v) is 2.25. The minimum absolute atomic E-state index is 0.243. The smallest absolute Gasteiger partial charge is 0.316 e. The van der Waals surface area contributed by atoms with Crippen LogP contribution in [-0.2, 0) is 9.53 Å². The molecule has 6 heteroatoms. The minimum atomic E-state index is -0.243. The van der Waals surface area contributed by atoms with E-state index in [0.717, 1.165) is 9.50 Å². The molecule has 0 aliphatic heterocycles. The van der Waals surface area contributed by atoms with Crippen molar-refractivity contribution in [2.24, 2.45) is 0 Å². The molecule has 0 fully saturated rings. The lowest BCUT2D eigenvalue weighted by atomic mass is 10.4. The fourth-order valence-electron chi connectivity index (χ4n) is 0.876. The number of nitrogens with two attached hydrogens (primary N) is 1. The third-order valence-corrected chi connectivity index (χ3v) is 3.31. The number of esters is 1. The molecule has 1 aromatic rings. The van der Waals surface area contributed by atoms with Crippen molar-refractivity contribution in [3.63, 3.8) is 0 Å². The molecular weight excluding hydrogens is 280 g/mol. The van der Waals surface area contributed by atoms with Gasteiger partial charge in [0.25, 0.3) is 0 Å². The number of nitrogen functional groups attached to an aromatic ring is 1. The molecule has 82 valence electrons. The molecule has 0 aromatic carbocycles. The number of anilines is 1. The predicted molar refractivity (Wildman–Crippen MR) is 63.7 cm³/mol. The zero-order valence-electron chi connectivity index (χ0n) is 8.20. The van der Waals surface area contributed by atoms with Crippen molar-refractivity contribution < 1.29 is 9.53 Å². The lowest BCUT2D eigenvalue weighted by Crippen LogP contribution is -2.06. The number of hydrogen-bond acceptors (Lipinski definition) is 5. The summed E-state index contributed by atoms with van der Waals surface area (Å²) in [4.78, 5) is 15.2. The van der Waals surface area contributed by atoms with Crippen LogP contribution in [0.4, 0.5) is 5.69 Å². The summed E-state index contributed by atoms with van der Waals surface area (Å²) in [5.41, 5.74) is 6.12. The second-order valence-corrected chi connectivity index (χ2v) is 4.47. The second kappa shape index (κ2) is 5.97. The van der Waals surface area contributed by atoms with Crippen LogP contribution in [0.5, 0.6) is 0 Å². The SMILES string of the molecule is CCOC(=O)CSc1ncc(N)cc1Br. The van der Waals surface area contributed by atoms with Crippen LogP contribution >= 0.6 is 27.7 Å². The molecule has 0 saturated carbocycles. The van der Waals surface area contributed by atoms with E-state index < -0.39 is 0 Å². The van der Waals surface area contributed by atoms with E-state index in [1.165, 1.54) is 11.8 Å². The first-order valence-electron chi connectivity index (χ1n) is 4.33. The maximum atomic E-state index is 11.1. The van der Waals surface area contributed by atoms with Crippen molar-refractivity contribution in [3.8, 4) is 0 Å². The Morgan fingerprint density at radius 3 is 3.07 bits per heavy atom. The molecule has 0 bridgehead atoms. The third kappa shape index (κ3) is 4.09. The van der Waals surface area contributed by atoms with E-state index in [-0.39, 0.29) is 11.7 Å². The van der Waals surface area contributed by atoms with Gasteiger partial charge in [0.15, 0.2) is 0 Å². The molecular formula is C9H11BrN2O2S. The highest BCUT2D eigenvalue weighted by Crippen LogP contribution is 2.26. The number of ether oxygens (including phenoxy) is 1. The van der Waals surface area contributed by atoms with Crippen LogP contribution in [0.15, 0.2) is 21.8 Å². The number of rotatable bonds is 4. The number of carbonyl (C=O) groups excluding carboxylic acids is 1. The highest BCUT2D eigenvalue weighted by Gasteiger charge is 2.07. The molecule has 0 saturated heterocycles. The van der Waals surface area contributed by atoms with E-state index in [2.05, 4.69) is 20.9 Å². The van der Waals surface area contributed by atoms with Crippen molar-refractivity contribution in [1.29, 1.82) is 0 Å². The molecule has 0 aliphatic rings. The maximum Gasteiger partial charge on any atom is 0.316 e. The number of pyridine rings is 1. The van der Waals surface area contributed by atoms with E-state index in [0.29, 0.717) is 12.3 Å². The van der Waals surface area contributed by atoms with Crippen molar-refractivity contribution in [1.82, 2.24) is 4.98 Å². The summed E-state index contributed by atoms with van der Waals surface area (Å²) < 4.78 is 5.59. The lowest BCUT2D eigenvalue weighted by molar-refractivity contribution is -0.139. The summed E-state index contributed by atoms with van der Waals surface area (Å²) in [6.45, 7) is 2.18. The maximum absolute atomic E-state index is 11.1. The number of nitrogens with zero attached hydrogens (tertiary/aromatic N) is 1. The Balaban J connectivity index is 2.54. The van der Waals surface area contributed by atoms with Gasteiger partial charge in [-0.3, -0.25) is 4.79 Å². The van der Waals surface area contributed by atoms with Crippen molar-refractivity contribution in [2.75, 3.05) is 18.1 Å². The minimum Gasteiger partial charge on any atom is -0.465 e. The average molecular weight is 291 g/mol. The number of hydrogen-bond donors (Lipinski definition) is 1. The van der Waals surface area contributed by atoms with Gasteiger partial charge in [-0.05, 0) is 28.9 Å². The molecule has 0 atom stereocenters. The molecule has 4 nitrogen and oxygen atoms in total. The van der Waals surface area contributed by atoms with Crippen molar-refractivity contribution >= 4 is 39.3 Å². The van der Waals surface area contributed by atoms with Gasteiger partial charge in [0.2, 0.25) is 0 Å². The van der Waals surface area contributed by atoms with Crippen LogP contribution in [0.2, 0.25) is 0 Å². The van der Waals surface area contributed by atoms with Gasteiger partial charge in [-0.25, -0.2) is 4.98 Å². The van der Waals surface area contributed by atoms with Crippen LogP contribution in [0.3, 0.4) is 0 Å². The van der Waals surface area contributed by atoms with Crippen molar-refractivity contribution in [2.45, 2.75) is 11.9 Å². The molecule has 0 aliphatic carbocycles. The van der Waals surface area contributed by atoms with E-state index in [9.17, 15) is 4.79 Å². The summed E-state index contributed by atoms with van der Waals surface area (Å²) >= 11 is 4.64.